The molecule has 2 aliphatic rings. The SMILES string of the molecule is COC(=O)c1ccccc1NC(=O)c1cccc(NC(=O)c2ccc3c(c2)C(=O)N(CC2CCCO2)C3=O)c1. The predicted octanol–water partition coefficient (Wildman–Crippen LogP) is 3.75. The maximum absolute atomic E-state index is 13.0. The molecule has 2 aliphatic heterocycles. The Balaban J connectivity index is 1.29. The van der Waals surface area contributed by atoms with Gasteiger partial charge >= 0.3 is 5.97 Å². The Labute approximate surface area is 223 Å². The fourth-order valence-corrected chi connectivity index (χ4v) is 4.61. The number of carbonyl (C=O) groups is 5. The molecule has 198 valence electrons. The first kappa shape index (κ1) is 25.8. The number of amides is 4. The van der Waals surface area contributed by atoms with Gasteiger partial charge in [-0.3, -0.25) is 24.1 Å². The Kier molecular flexibility index (Phi) is 7.20. The molecule has 0 spiro atoms. The molecule has 1 unspecified atom stereocenters. The van der Waals surface area contributed by atoms with Crippen LogP contribution in [0.2, 0.25) is 0 Å². The molecular formula is C29H25N3O7. The standard InChI is InChI=1S/C29H25N3O7/c1-38-29(37)22-9-2-3-10-24(22)31-26(34)17-6-4-7-19(14-17)30-25(33)18-11-12-21-23(15-18)28(36)32(27(21)35)16-20-8-5-13-39-20/h2-4,6-7,9-12,14-15,20H,5,8,13,16H2,1H3,(H,30,33)(H,31,34). The normalized spacial score (nSPS) is 16.1. The van der Waals surface area contributed by atoms with Crippen molar-refractivity contribution in [2.24, 2.45) is 0 Å². The molecule has 0 saturated carbocycles. The Bertz CT molecular complexity index is 1490. The third-order valence-electron chi connectivity index (χ3n) is 6.61. The molecule has 0 aromatic heterocycles. The van der Waals surface area contributed by atoms with Crippen molar-refractivity contribution in [1.82, 2.24) is 4.90 Å². The van der Waals surface area contributed by atoms with Crippen LogP contribution >= 0.6 is 0 Å². The van der Waals surface area contributed by atoms with E-state index >= 15 is 0 Å². The first-order valence-corrected chi connectivity index (χ1v) is 12.4. The molecule has 1 saturated heterocycles. The van der Waals surface area contributed by atoms with Crippen molar-refractivity contribution in [2.75, 3.05) is 30.9 Å². The predicted molar refractivity (Wildman–Crippen MR) is 141 cm³/mol. The van der Waals surface area contributed by atoms with Gasteiger partial charge in [0, 0.05) is 23.4 Å². The maximum Gasteiger partial charge on any atom is 0.339 e. The highest BCUT2D eigenvalue weighted by Gasteiger charge is 2.38. The molecule has 4 amide bonds. The van der Waals surface area contributed by atoms with Crippen LogP contribution in [0.5, 0.6) is 0 Å². The largest absolute Gasteiger partial charge is 0.465 e. The highest BCUT2D eigenvalue weighted by molar-refractivity contribution is 6.22. The highest BCUT2D eigenvalue weighted by Crippen LogP contribution is 2.27. The Hall–Kier alpha value is -4.83. The van der Waals surface area contributed by atoms with Gasteiger partial charge in [-0.2, -0.15) is 0 Å². The number of rotatable bonds is 7. The lowest BCUT2D eigenvalue weighted by atomic mass is 10.1. The summed E-state index contributed by atoms with van der Waals surface area (Å²) in [6.45, 7) is 0.800. The van der Waals surface area contributed by atoms with E-state index in [4.69, 9.17) is 9.47 Å². The van der Waals surface area contributed by atoms with Crippen LogP contribution in [0.4, 0.5) is 11.4 Å². The topological polar surface area (TPSA) is 131 Å². The molecule has 0 aliphatic carbocycles. The van der Waals surface area contributed by atoms with E-state index in [2.05, 4.69) is 10.6 Å². The Morgan fingerprint density at radius 3 is 2.41 bits per heavy atom. The van der Waals surface area contributed by atoms with E-state index in [0.717, 1.165) is 12.8 Å². The van der Waals surface area contributed by atoms with Crippen molar-refractivity contribution in [1.29, 1.82) is 0 Å². The molecule has 39 heavy (non-hydrogen) atoms. The monoisotopic (exact) mass is 527 g/mol. The van der Waals surface area contributed by atoms with Gasteiger partial charge in [-0.25, -0.2) is 4.79 Å². The average molecular weight is 528 g/mol. The van der Waals surface area contributed by atoms with Crippen LogP contribution in [0.3, 0.4) is 0 Å². The minimum Gasteiger partial charge on any atom is -0.465 e. The number of hydrogen-bond acceptors (Lipinski definition) is 7. The van der Waals surface area contributed by atoms with Gasteiger partial charge in [0.05, 0.1) is 42.1 Å². The zero-order chi connectivity index (χ0) is 27.5. The van der Waals surface area contributed by atoms with Crippen molar-refractivity contribution >= 4 is 41.0 Å². The number of carbonyl (C=O) groups excluding carboxylic acids is 5. The number of ether oxygens (including phenoxy) is 2. The molecule has 10 heteroatoms. The van der Waals surface area contributed by atoms with Gasteiger partial charge in [0.1, 0.15) is 0 Å². The second kappa shape index (κ2) is 10.9. The molecule has 3 aromatic carbocycles. The molecule has 2 N–H and O–H groups in total. The number of hydrogen-bond donors (Lipinski definition) is 2. The van der Waals surface area contributed by atoms with Gasteiger partial charge in [-0.05, 0) is 61.4 Å². The maximum atomic E-state index is 13.0. The first-order valence-electron chi connectivity index (χ1n) is 12.4. The van der Waals surface area contributed by atoms with Gasteiger partial charge < -0.3 is 20.1 Å². The number of nitrogens with one attached hydrogen (secondary N) is 2. The van der Waals surface area contributed by atoms with Crippen molar-refractivity contribution in [3.05, 3.63) is 94.5 Å². The second-order valence-corrected chi connectivity index (χ2v) is 9.14. The summed E-state index contributed by atoms with van der Waals surface area (Å²) in [6, 6.07) is 17.1. The lowest BCUT2D eigenvalue weighted by Crippen LogP contribution is -2.36. The fraction of sp³-hybridized carbons (Fsp3) is 0.207. The van der Waals surface area contributed by atoms with Crippen molar-refractivity contribution < 1.29 is 33.4 Å². The molecule has 1 fully saturated rings. The van der Waals surface area contributed by atoms with E-state index in [-0.39, 0.29) is 46.2 Å². The van der Waals surface area contributed by atoms with Crippen LogP contribution in [0.25, 0.3) is 0 Å². The Morgan fingerprint density at radius 1 is 0.897 bits per heavy atom. The molecule has 2 heterocycles. The van der Waals surface area contributed by atoms with E-state index < -0.39 is 29.6 Å². The molecule has 3 aromatic rings. The van der Waals surface area contributed by atoms with Crippen molar-refractivity contribution in [2.45, 2.75) is 18.9 Å². The zero-order valence-electron chi connectivity index (χ0n) is 21.1. The second-order valence-electron chi connectivity index (χ2n) is 9.14. The van der Waals surface area contributed by atoms with Crippen LogP contribution in [-0.4, -0.2) is 60.9 Å². The lowest BCUT2D eigenvalue weighted by molar-refractivity contribution is 0.0475. The summed E-state index contributed by atoms with van der Waals surface area (Å²) in [5.41, 5.74) is 1.69. The van der Waals surface area contributed by atoms with Crippen molar-refractivity contribution in [3.63, 3.8) is 0 Å². The van der Waals surface area contributed by atoms with Gasteiger partial charge in [-0.15, -0.1) is 0 Å². The molecule has 0 radical (unpaired) electrons. The van der Waals surface area contributed by atoms with Crippen LogP contribution in [0.1, 0.15) is 64.6 Å². The van der Waals surface area contributed by atoms with E-state index in [1.54, 1.807) is 36.4 Å². The third-order valence-corrected chi connectivity index (χ3v) is 6.61. The van der Waals surface area contributed by atoms with Crippen molar-refractivity contribution in [3.8, 4) is 0 Å². The smallest absolute Gasteiger partial charge is 0.339 e. The van der Waals surface area contributed by atoms with Crippen LogP contribution in [-0.2, 0) is 9.47 Å². The quantitative estimate of drug-likeness (QED) is 0.353. The number of methoxy groups -OCH3 is 1. The lowest BCUT2D eigenvalue weighted by Gasteiger charge is -2.17. The number of fused-ring (bicyclic) bond motifs is 1. The summed E-state index contributed by atoms with van der Waals surface area (Å²) in [5, 5.41) is 5.41. The minimum absolute atomic E-state index is 0.169. The first-order chi connectivity index (χ1) is 18.9. The summed E-state index contributed by atoms with van der Waals surface area (Å²) in [5.74, 6) is -2.44. The molecule has 5 rings (SSSR count). The molecule has 1 atom stereocenters. The number of para-hydroxylation sites is 1. The van der Waals surface area contributed by atoms with Gasteiger partial charge in [0.2, 0.25) is 0 Å². The van der Waals surface area contributed by atoms with Crippen LogP contribution in [0, 0.1) is 0 Å². The summed E-state index contributed by atoms with van der Waals surface area (Å²) in [7, 11) is 1.25. The van der Waals surface area contributed by atoms with Gasteiger partial charge in [-0.1, -0.05) is 18.2 Å². The summed E-state index contributed by atoms with van der Waals surface area (Å²) in [6.07, 6.45) is 1.51. The molecule has 0 bridgehead atoms. The molecule has 10 nitrogen and oxygen atoms in total. The number of benzene rings is 3. The minimum atomic E-state index is -0.587. The van der Waals surface area contributed by atoms with E-state index in [1.165, 1.54) is 42.3 Å². The summed E-state index contributed by atoms with van der Waals surface area (Å²) >= 11 is 0. The van der Waals surface area contributed by atoms with Crippen LogP contribution < -0.4 is 10.6 Å². The van der Waals surface area contributed by atoms with E-state index in [1.807, 2.05) is 0 Å². The van der Waals surface area contributed by atoms with Gasteiger partial charge in [0.15, 0.2) is 0 Å². The Morgan fingerprint density at radius 2 is 1.64 bits per heavy atom. The van der Waals surface area contributed by atoms with E-state index in [9.17, 15) is 24.0 Å². The fourth-order valence-electron chi connectivity index (χ4n) is 4.61. The highest BCUT2D eigenvalue weighted by atomic mass is 16.5. The number of anilines is 2. The summed E-state index contributed by atoms with van der Waals surface area (Å²) < 4.78 is 10.3. The van der Waals surface area contributed by atoms with Crippen LogP contribution in [0.15, 0.2) is 66.7 Å². The van der Waals surface area contributed by atoms with E-state index in [0.29, 0.717) is 12.3 Å². The summed E-state index contributed by atoms with van der Waals surface area (Å²) in [4.78, 5) is 64.7. The average Bonchev–Trinajstić information content (AvgIpc) is 3.55. The third kappa shape index (κ3) is 5.27. The number of nitrogens with zero attached hydrogens (tertiary/aromatic N) is 1. The zero-order valence-corrected chi connectivity index (χ0v) is 21.1. The number of esters is 1. The van der Waals surface area contributed by atoms with Gasteiger partial charge in [0.25, 0.3) is 23.6 Å². The molecular weight excluding hydrogens is 502 g/mol. The number of imide groups is 1.